The highest BCUT2D eigenvalue weighted by atomic mass is 16.3. The van der Waals surface area contributed by atoms with Crippen LogP contribution < -0.4 is 5.32 Å². The van der Waals surface area contributed by atoms with Gasteiger partial charge in [0.1, 0.15) is 16.9 Å². The molecule has 0 bridgehead atoms. The summed E-state index contributed by atoms with van der Waals surface area (Å²) in [5, 5.41) is 7.05. The van der Waals surface area contributed by atoms with E-state index >= 15 is 0 Å². The Bertz CT molecular complexity index is 1660. The van der Waals surface area contributed by atoms with Crippen molar-refractivity contribution in [1.29, 1.82) is 0 Å². The average Bonchev–Trinajstić information content (AvgIpc) is 3.53. The van der Waals surface area contributed by atoms with Gasteiger partial charge in [0.2, 0.25) is 0 Å². The van der Waals surface area contributed by atoms with Gasteiger partial charge < -0.3 is 14.3 Å². The van der Waals surface area contributed by atoms with E-state index in [9.17, 15) is 0 Å². The summed E-state index contributed by atoms with van der Waals surface area (Å²) in [6.07, 6.45) is 5.79. The summed E-state index contributed by atoms with van der Waals surface area (Å²) < 4.78 is 7.96. The Morgan fingerprint density at radius 1 is 0.824 bits per heavy atom. The smallest absolute Gasteiger partial charge is 0.161 e. The lowest BCUT2D eigenvalue weighted by atomic mass is 10.0. The van der Waals surface area contributed by atoms with Crippen LogP contribution in [0, 0.1) is 0 Å². The van der Waals surface area contributed by atoms with Crippen molar-refractivity contribution >= 4 is 32.9 Å². The van der Waals surface area contributed by atoms with Crippen molar-refractivity contribution in [2.75, 3.05) is 13.1 Å². The minimum Gasteiger partial charge on any atom is -0.464 e. The van der Waals surface area contributed by atoms with E-state index in [2.05, 4.69) is 70.5 Å². The van der Waals surface area contributed by atoms with Gasteiger partial charge in [0.05, 0.1) is 6.26 Å². The maximum atomic E-state index is 5.58. The van der Waals surface area contributed by atoms with Gasteiger partial charge in [-0.15, -0.1) is 0 Å². The number of nitrogens with one attached hydrogen (secondary N) is 1. The molecule has 1 saturated heterocycles. The van der Waals surface area contributed by atoms with Gasteiger partial charge in [-0.3, -0.25) is 0 Å². The van der Waals surface area contributed by atoms with Crippen LogP contribution in [0.3, 0.4) is 0 Å². The van der Waals surface area contributed by atoms with E-state index in [1.807, 2.05) is 18.3 Å². The molecular weight excluding hydrogens is 420 g/mol. The van der Waals surface area contributed by atoms with Gasteiger partial charge in [-0.2, -0.15) is 0 Å². The third-order valence-electron chi connectivity index (χ3n) is 7.02. The van der Waals surface area contributed by atoms with E-state index in [0.29, 0.717) is 6.04 Å². The summed E-state index contributed by atoms with van der Waals surface area (Å²) in [6, 6.07) is 25.9. The third-order valence-corrected chi connectivity index (χ3v) is 7.02. The van der Waals surface area contributed by atoms with Crippen LogP contribution in [0.2, 0.25) is 0 Å². The number of hydrogen-bond donors (Lipinski definition) is 1. The topological polar surface area (TPSA) is 55.9 Å². The molecule has 5 heteroatoms. The van der Waals surface area contributed by atoms with Gasteiger partial charge in [0, 0.05) is 28.8 Å². The molecule has 34 heavy (non-hydrogen) atoms. The zero-order chi connectivity index (χ0) is 22.5. The molecule has 0 atom stereocenters. The fourth-order valence-electron chi connectivity index (χ4n) is 5.30. The van der Waals surface area contributed by atoms with Crippen LogP contribution in [0.5, 0.6) is 0 Å². The van der Waals surface area contributed by atoms with E-state index in [4.69, 9.17) is 14.4 Å². The molecule has 7 rings (SSSR count). The Morgan fingerprint density at radius 2 is 1.65 bits per heavy atom. The van der Waals surface area contributed by atoms with E-state index in [1.165, 1.54) is 10.8 Å². The zero-order valence-electron chi connectivity index (χ0n) is 18.7. The second kappa shape index (κ2) is 7.82. The number of furan rings is 1. The fraction of sp³-hybridized carbons (Fsp3) is 0.172. The van der Waals surface area contributed by atoms with Gasteiger partial charge in [0.25, 0.3) is 0 Å². The maximum Gasteiger partial charge on any atom is 0.161 e. The predicted octanol–water partition coefficient (Wildman–Crippen LogP) is 6.59. The number of rotatable bonds is 3. The Kier molecular flexibility index (Phi) is 4.49. The Morgan fingerprint density at radius 3 is 2.56 bits per heavy atom. The summed E-state index contributed by atoms with van der Waals surface area (Å²) in [4.78, 5) is 10.1. The first-order chi connectivity index (χ1) is 16.8. The van der Waals surface area contributed by atoms with Crippen molar-refractivity contribution in [2.24, 2.45) is 0 Å². The van der Waals surface area contributed by atoms with Crippen molar-refractivity contribution in [3.8, 4) is 22.5 Å². The van der Waals surface area contributed by atoms with Crippen molar-refractivity contribution in [3.05, 3.63) is 85.3 Å². The van der Waals surface area contributed by atoms with Crippen molar-refractivity contribution in [1.82, 2.24) is 19.9 Å². The molecule has 0 radical (unpaired) electrons. The quantitative estimate of drug-likeness (QED) is 0.335. The molecule has 1 fully saturated rings. The summed E-state index contributed by atoms with van der Waals surface area (Å²) in [5.74, 6) is 0.978. The lowest BCUT2D eigenvalue weighted by molar-refractivity contribution is 0.376. The molecule has 6 aromatic rings. The average molecular weight is 445 g/mol. The lowest BCUT2D eigenvalue weighted by Gasteiger charge is -2.26. The second-order valence-electron chi connectivity index (χ2n) is 9.05. The molecule has 3 aromatic heterocycles. The molecular formula is C29H24N4O. The predicted molar refractivity (Wildman–Crippen MR) is 137 cm³/mol. The minimum atomic E-state index is 0.362. The van der Waals surface area contributed by atoms with Crippen LogP contribution in [-0.2, 0) is 0 Å². The molecule has 4 heterocycles. The number of hydrogen-bond acceptors (Lipinski definition) is 4. The monoisotopic (exact) mass is 444 g/mol. The van der Waals surface area contributed by atoms with E-state index < -0.39 is 0 Å². The zero-order valence-corrected chi connectivity index (χ0v) is 18.7. The lowest BCUT2D eigenvalue weighted by Crippen LogP contribution is -2.29. The molecule has 1 aliphatic rings. The Balaban J connectivity index is 1.47. The van der Waals surface area contributed by atoms with E-state index in [1.54, 1.807) is 6.26 Å². The number of fused-ring (bicyclic) bond motifs is 3. The number of aromatic nitrogens is 3. The molecule has 0 unspecified atom stereocenters. The first kappa shape index (κ1) is 19.5. The van der Waals surface area contributed by atoms with Gasteiger partial charge in [-0.1, -0.05) is 36.4 Å². The summed E-state index contributed by atoms with van der Waals surface area (Å²) in [6.45, 7) is 2.02. The van der Waals surface area contributed by atoms with Gasteiger partial charge in [-0.25, -0.2) is 9.97 Å². The number of benzene rings is 3. The number of imidazole rings is 1. The van der Waals surface area contributed by atoms with Crippen LogP contribution in [0.4, 0.5) is 0 Å². The van der Waals surface area contributed by atoms with Crippen molar-refractivity contribution in [2.45, 2.75) is 18.9 Å². The third kappa shape index (κ3) is 3.12. The first-order valence-electron chi connectivity index (χ1n) is 11.9. The maximum absolute atomic E-state index is 5.58. The molecule has 3 aromatic carbocycles. The molecule has 0 spiro atoms. The van der Waals surface area contributed by atoms with Crippen molar-refractivity contribution in [3.63, 3.8) is 0 Å². The van der Waals surface area contributed by atoms with Crippen molar-refractivity contribution < 1.29 is 4.42 Å². The number of nitrogens with zero attached hydrogens (tertiary/aromatic N) is 3. The highest BCUT2D eigenvalue weighted by Crippen LogP contribution is 2.37. The number of pyridine rings is 1. The Hall–Kier alpha value is -3.96. The largest absolute Gasteiger partial charge is 0.464 e. The molecule has 0 amide bonds. The van der Waals surface area contributed by atoms with Gasteiger partial charge >= 0.3 is 0 Å². The number of piperidine rings is 1. The summed E-state index contributed by atoms with van der Waals surface area (Å²) >= 11 is 0. The van der Waals surface area contributed by atoms with Crippen LogP contribution in [-0.4, -0.2) is 27.6 Å². The Labute approximate surface area is 197 Å². The molecule has 0 aliphatic carbocycles. The molecule has 166 valence electrons. The van der Waals surface area contributed by atoms with E-state index in [-0.39, 0.29) is 0 Å². The SMILES string of the molecule is c1ccc2cc(-c3ccnc4c3nc(-c3ccc5occc5c3)n4C3CCNCC3)ccc2c1. The second-order valence-corrected chi connectivity index (χ2v) is 9.05. The molecule has 5 nitrogen and oxygen atoms in total. The first-order valence-corrected chi connectivity index (χ1v) is 11.9. The van der Waals surface area contributed by atoms with Crippen LogP contribution in [0.25, 0.3) is 55.4 Å². The van der Waals surface area contributed by atoms with Gasteiger partial charge in [0.15, 0.2) is 5.65 Å². The van der Waals surface area contributed by atoms with Crippen LogP contribution >= 0.6 is 0 Å². The molecule has 0 saturated carbocycles. The fourth-order valence-corrected chi connectivity index (χ4v) is 5.30. The normalized spacial score (nSPS) is 14.9. The highest BCUT2D eigenvalue weighted by molar-refractivity contribution is 5.96. The van der Waals surface area contributed by atoms with Crippen LogP contribution in [0.1, 0.15) is 18.9 Å². The molecule has 1 aliphatic heterocycles. The standard InChI is InChI=1S/C29H24N4O/c1-2-4-20-17-21(6-5-19(20)3-1)25-11-15-31-29-27(25)32-28(33(29)24-9-13-30-14-10-24)23-7-8-26-22(18-23)12-16-34-26/h1-8,11-12,15-18,24,30H,9-10,13-14H2. The molecule has 1 N–H and O–H groups in total. The summed E-state index contributed by atoms with van der Waals surface area (Å²) in [7, 11) is 0. The summed E-state index contributed by atoms with van der Waals surface area (Å²) in [5.41, 5.74) is 6.18. The highest BCUT2D eigenvalue weighted by Gasteiger charge is 2.24. The van der Waals surface area contributed by atoms with Gasteiger partial charge in [-0.05, 0) is 78.7 Å². The van der Waals surface area contributed by atoms with E-state index in [0.717, 1.165) is 70.6 Å². The minimum absolute atomic E-state index is 0.362. The van der Waals surface area contributed by atoms with Crippen LogP contribution in [0.15, 0.2) is 89.7 Å².